The van der Waals surface area contributed by atoms with Gasteiger partial charge in [0.25, 0.3) is 0 Å². The molecule has 1 unspecified atom stereocenters. The van der Waals surface area contributed by atoms with Crippen LogP contribution in [0.15, 0.2) is 6.20 Å². The zero-order valence-corrected chi connectivity index (χ0v) is 15.2. The van der Waals surface area contributed by atoms with Crippen molar-refractivity contribution in [3.05, 3.63) is 11.9 Å². The van der Waals surface area contributed by atoms with E-state index in [1.165, 1.54) is 6.20 Å². The number of aliphatic carboxylic acids is 1. The van der Waals surface area contributed by atoms with Crippen molar-refractivity contribution in [2.45, 2.75) is 51.2 Å². The Morgan fingerprint density at radius 2 is 2.04 bits per heavy atom. The van der Waals surface area contributed by atoms with E-state index in [1.54, 1.807) is 0 Å². The van der Waals surface area contributed by atoms with Crippen molar-refractivity contribution in [1.82, 2.24) is 14.7 Å². The van der Waals surface area contributed by atoms with Gasteiger partial charge in [-0.15, -0.1) is 0 Å². The molecule has 7 nitrogen and oxygen atoms in total. The smallest absolute Gasteiger partial charge is 0.394 e. The van der Waals surface area contributed by atoms with Gasteiger partial charge >= 0.3 is 18.2 Å². The normalized spacial score (nSPS) is 24.1. The highest BCUT2D eigenvalue weighted by Crippen LogP contribution is 2.45. The third kappa shape index (κ3) is 3.89. The summed E-state index contributed by atoms with van der Waals surface area (Å²) in [5.41, 5.74) is 1.38. The van der Waals surface area contributed by atoms with E-state index in [0.29, 0.717) is 5.69 Å². The van der Waals surface area contributed by atoms with Crippen molar-refractivity contribution in [1.29, 1.82) is 0 Å². The van der Waals surface area contributed by atoms with Crippen molar-refractivity contribution < 1.29 is 27.9 Å². The van der Waals surface area contributed by atoms with Crippen molar-refractivity contribution in [2.24, 2.45) is 11.8 Å². The molecule has 0 bridgehead atoms. The standard InChI is InChI=1S/C17H23F3N4O3/c1-3-9(2)24-14(10-4-5-10)13(6-21-24)22-16(27)23-7-11(15(25)26)12(8-23)17(18,19)20/h6,9-12H,3-5,7-8H2,1-2H3,(H,22,27)(H,25,26)/t9?,11-,12-/m1/s1. The van der Waals surface area contributed by atoms with Crippen LogP contribution in [0.5, 0.6) is 0 Å². The quantitative estimate of drug-likeness (QED) is 0.809. The number of carbonyl (C=O) groups is 2. The van der Waals surface area contributed by atoms with Gasteiger partial charge in [0.15, 0.2) is 0 Å². The Morgan fingerprint density at radius 3 is 2.52 bits per heavy atom. The van der Waals surface area contributed by atoms with Crippen LogP contribution in [0.3, 0.4) is 0 Å². The minimum Gasteiger partial charge on any atom is -0.481 e. The molecular formula is C17H23F3N4O3. The second-order valence-corrected chi connectivity index (χ2v) is 7.35. The molecule has 3 atom stereocenters. The lowest BCUT2D eigenvalue weighted by Gasteiger charge is -2.19. The minimum atomic E-state index is -4.67. The Morgan fingerprint density at radius 1 is 1.37 bits per heavy atom. The van der Waals surface area contributed by atoms with E-state index < -0.39 is 43.1 Å². The van der Waals surface area contributed by atoms with Gasteiger partial charge in [0.1, 0.15) is 0 Å². The molecule has 27 heavy (non-hydrogen) atoms. The maximum Gasteiger partial charge on any atom is 0.394 e. The first kappa shape index (κ1) is 19.5. The fourth-order valence-corrected chi connectivity index (χ4v) is 3.50. The third-order valence-electron chi connectivity index (χ3n) is 5.39. The number of rotatable bonds is 5. The van der Waals surface area contributed by atoms with E-state index in [9.17, 15) is 22.8 Å². The Labute approximate surface area is 154 Å². The van der Waals surface area contributed by atoms with Gasteiger partial charge in [0.05, 0.1) is 29.4 Å². The van der Waals surface area contributed by atoms with Gasteiger partial charge < -0.3 is 15.3 Å². The highest BCUT2D eigenvalue weighted by atomic mass is 19.4. The van der Waals surface area contributed by atoms with Crippen molar-refractivity contribution in [2.75, 3.05) is 18.4 Å². The fraction of sp³-hybridized carbons (Fsp3) is 0.706. The summed E-state index contributed by atoms with van der Waals surface area (Å²) in [6.45, 7) is 2.90. The van der Waals surface area contributed by atoms with Crippen LogP contribution in [0.25, 0.3) is 0 Å². The molecule has 2 amide bonds. The van der Waals surface area contributed by atoms with E-state index >= 15 is 0 Å². The van der Waals surface area contributed by atoms with Crippen LogP contribution >= 0.6 is 0 Å². The molecule has 1 saturated heterocycles. The van der Waals surface area contributed by atoms with Gasteiger partial charge in [-0.3, -0.25) is 9.48 Å². The lowest BCUT2D eigenvalue weighted by atomic mass is 9.96. The van der Waals surface area contributed by atoms with Gasteiger partial charge in [-0.1, -0.05) is 6.92 Å². The van der Waals surface area contributed by atoms with E-state index in [0.717, 1.165) is 29.9 Å². The average molecular weight is 388 g/mol. The van der Waals surface area contributed by atoms with Crippen LogP contribution in [0.1, 0.15) is 50.8 Å². The first-order valence-electron chi connectivity index (χ1n) is 9.06. The third-order valence-corrected chi connectivity index (χ3v) is 5.39. The van der Waals surface area contributed by atoms with E-state index in [1.807, 2.05) is 18.5 Å². The van der Waals surface area contributed by atoms with Crippen LogP contribution < -0.4 is 5.32 Å². The second kappa shape index (κ2) is 7.05. The molecule has 2 aliphatic rings. The van der Waals surface area contributed by atoms with Gasteiger partial charge in [-0.25, -0.2) is 4.79 Å². The molecule has 150 valence electrons. The second-order valence-electron chi connectivity index (χ2n) is 7.35. The van der Waals surface area contributed by atoms with Crippen molar-refractivity contribution >= 4 is 17.7 Å². The number of carboxylic acid groups (broad SMARTS) is 1. The number of hydrogen-bond donors (Lipinski definition) is 2. The Bertz CT molecular complexity index is 729. The molecule has 1 aromatic rings. The molecule has 2 N–H and O–H groups in total. The number of aromatic nitrogens is 2. The minimum absolute atomic E-state index is 0.143. The fourth-order valence-electron chi connectivity index (χ4n) is 3.50. The van der Waals surface area contributed by atoms with Crippen LogP contribution in [0.2, 0.25) is 0 Å². The summed E-state index contributed by atoms with van der Waals surface area (Å²) in [6.07, 6.45) is -0.339. The number of urea groups is 1. The number of amides is 2. The summed E-state index contributed by atoms with van der Waals surface area (Å²) in [6, 6.07) is -0.581. The average Bonchev–Trinajstić information content (AvgIpc) is 3.16. The van der Waals surface area contributed by atoms with Gasteiger partial charge in [0, 0.05) is 25.0 Å². The molecule has 0 spiro atoms. The van der Waals surface area contributed by atoms with Gasteiger partial charge in [0.2, 0.25) is 0 Å². The number of carbonyl (C=O) groups excluding carboxylic acids is 1. The number of alkyl halides is 3. The molecule has 3 rings (SSSR count). The first-order valence-corrected chi connectivity index (χ1v) is 9.06. The topological polar surface area (TPSA) is 87.5 Å². The van der Waals surface area contributed by atoms with Crippen LogP contribution in [-0.4, -0.2) is 51.1 Å². The van der Waals surface area contributed by atoms with E-state index in [4.69, 9.17) is 5.11 Å². The molecule has 1 aliphatic carbocycles. The highest BCUT2D eigenvalue weighted by molar-refractivity contribution is 5.90. The number of halogens is 3. The molecule has 0 radical (unpaired) electrons. The Balaban J connectivity index is 1.76. The molecule has 0 aromatic carbocycles. The van der Waals surface area contributed by atoms with Crippen molar-refractivity contribution in [3.8, 4) is 0 Å². The predicted molar refractivity (Wildman–Crippen MR) is 90.5 cm³/mol. The number of hydrogen-bond acceptors (Lipinski definition) is 3. The molecule has 2 fully saturated rings. The molecule has 1 aromatic heterocycles. The van der Waals surface area contributed by atoms with Crippen molar-refractivity contribution in [3.63, 3.8) is 0 Å². The van der Waals surface area contributed by atoms with Crippen LogP contribution in [0.4, 0.5) is 23.7 Å². The SMILES string of the molecule is CCC(C)n1ncc(NC(=O)N2C[C@@H](C(F)(F)F)[C@H](C(=O)O)C2)c1C1CC1. The summed E-state index contributed by atoms with van der Waals surface area (Å²) in [5.74, 6) is -4.98. The summed E-state index contributed by atoms with van der Waals surface area (Å²) in [4.78, 5) is 24.6. The zero-order valence-electron chi connectivity index (χ0n) is 15.2. The summed E-state index contributed by atoms with van der Waals surface area (Å²) >= 11 is 0. The predicted octanol–water partition coefficient (Wildman–Crippen LogP) is 3.46. The van der Waals surface area contributed by atoms with Crippen LogP contribution in [-0.2, 0) is 4.79 Å². The summed E-state index contributed by atoms with van der Waals surface area (Å²) in [7, 11) is 0. The van der Waals surface area contributed by atoms with Gasteiger partial charge in [-0.05, 0) is 26.2 Å². The molecule has 1 aliphatic heterocycles. The van der Waals surface area contributed by atoms with Crippen LogP contribution in [0, 0.1) is 11.8 Å². The highest BCUT2D eigenvalue weighted by Gasteiger charge is 2.53. The van der Waals surface area contributed by atoms with E-state index in [-0.39, 0.29) is 12.0 Å². The molecule has 2 heterocycles. The Kier molecular flexibility index (Phi) is 5.09. The zero-order chi connectivity index (χ0) is 19.9. The monoisotopic (exact) mass is 388 g/mol. The maximum absolute atomic E-state index is 13.1. The number of likely N-dealkylation sites (tertiary alicyclic amines) is 1. The van der Waals surface area contributed by atoms with Gasteiger partial charge in [-0.2, -0.15) is 18.3 Å². The maximum atomic E-state index is 13.1. The molecule has 10 heteroatoms. The Hall–Kier alpha value is -2.26. The summed E-state index contributed by atoms with van der Waals surface area (Å²) < 4.78 is 41.2. The number of nitrogens with zero attached hydrogens (tertiary/aromatic N) is 3. The number of carboxylic acids is 1. The largest absolute Gasteiger partial charge is 0.481 e. The first-order chi connectivity index (χ1) is 12.6. The lowest BCUT2D eigenvalue weighted by molar-refractivity contribution is -0.187. The lowest BCUT2D eigenvalue weighted by Crippen LogP contribution is -2.35. The molecular weight excluding hydrogens is 365 g/mol. The molecule has 1 saturated carbocycles. The summed E-state index contributed by atoms with van der Waals surface area (Å²) in [5, 5.41) is 16.1. The number of anilines is 1. The number of nitrogens with one attached hydrogen (secondary N) is 1. The van der Waals surface area contributed by atoms with E-state index in [2.05, 4.69) is 10.4 Å².